The van der Waals surface area contributed by atoms with Crippen LogP contribution in [0.5, 0.6) is 0 Å². The summed E-state index contributed by atoms with van der Waals surface area (Å²) in [5.74, 6) is 0.440. The maximum Gasteiger partial charge on any atom is 0.324 e. The Bertz CT molecular complexity index is 1710. The first kappa shape index (κ1) is 27.8. The third kappa shape index (κ3) is 5.06. The van der Waals surface area contributed by atoms with Gasteiger partial charge in [0.2, 0.25) is 0 Å². The van der Waals surface area contributed by atoms with Gasteiger partial charge in [-0.25, -0.2) is 23.0 Å². The Morgan fingerprint density at radius 3 is 2.03 bits per heavy atom. The van der Waals surface area contributed by atoms with Crippen LogP contribution >= 0.6 is 24.8 Å². The van der Waals surface area contributed by atoms with E-state index in [9.17, 15) is 18.0 Å². The number of hydrogen-bond donors (Lipinski definition) is 1. The molecule has 13 heteroatoms. The van der Waals surface area contributed by atoms with E-state index in [0.29, 0.717) is 34.0 Å². The van der Waals surface area contributed by atoms with E-state index in [1.807, 2.05) is 0 Å². The predicted octanol–water partition coefficient (Wildman–Crippen LogP) is 3.46. The molecule has 2 aromatic carbocycles. The van der Waals surface area contributed by atoms with E-state index < -0.39 is 26.2 Å². The average Bonchev–Trinajstić information content (AvgIpc) is 3.22. The molecule has 5 rings (SSSR count). The highest BCUT2D eigenvalue weighted by molar-refractivity contribution is 7.92. The SMILES string of the molecule is CC(C)S(=O)(=O)c1ccc(-c2cnc(N)c(-c3cc(-c4ccc(-n5c(=O)c5=O)cc4)no3)n2)cc1.Cl.Cl. The molecule has 0 aliphatic rings. The second-order valence-electron chi connectivity index (χ2n) is 8.18. The second-order valence-corrected chi connectivity index (χ2v) is 10.7. The summed E-state index contributed by atoms with van der Waals surface area (Å²) in [5.41, 5.74) is 8.10. The number of sulfone groups is 1. The molecular weight excluding hydrogens is 541 g/mol. The fourth-order valence-corrected chi connectivity index (χ4v) is 4.54. The lowest BCUT2D eigenvalue weighted by Crippen LogP contribution is -2.13. The zero-order valence-corrected chi connectivity index (χ0v) is 21.9. The number of nitrogens with zero attached hydrogens (tertiary/aromatic N) is 4. The minimum absolute atomic E-state index is 0. The Balaban J connectivity index is 0.00000190. The highest BCUT2D eigenvalue weighted by Crippen LogP contribution is 2.30. The molecule has 0 aliphatic carbocycles. The molecule has 2 N–H and O–H groups in total. The van der Waals surface area contributed by atoms with Crippen LogP contribution in [0.2, 0.25) is 0 Å². The molecule has 0 saturated carbocycles. The van der Waals surface area contributed by atoms with Crippen LogP contribution < -0.4 is 16.9 Å². The quantitative estimate of drug-likeness (QED) is 0.307. The number of halogens is 2. The van der Waals surface area contributed by atoms with Gasteiger partial charge in [0, 0.05) is 17.2 Å². The van der Waals surface area contributed by atoms with Crippen molar-refractivity contribution in [3.05, 3.63) is 81.5 Å². The molecule has 0 aliphatic heterocycles. The normalized spacial score (nSPS) is 11.3. The smallest absolute Gasteiger partial charge is 0.324 e. The van der Waals surface area contributed by atoms with Crippen molar-refractivity contribution in [3.8, 4) is 39.7 Å². The third-order valence-corrected chi connectivity index (χ3v) is 7.77. The molecule has 0 radical (unpaired) electrons. The fourth-order valence-electron chi connectivity index (χ4n) is 3.48. The number of nitrogens with two attached hydrogens (primary N) is 1. The van der Waals surface area contributed by atoms with Gasteiger partial charge >= 0.3 is 11.1 Å². The minimum atomic E-state index is -3.38. The van der Waals surface area contributed by atoms with Crippen LogP contribution in [-0.4, -0.2) is 33.4 Å². The van der Waals surface area contributed by atoms with Gasteiger partial charge in [-0.2, -0.15) is 0 Å². The molecule has 0 spiro atoms. The van der Waals surface area contributed by atoms with E-state index in [-0.39, 0.29) is 41.2 Å². The van der Waals surface area contributed by atoms with Crippen molar-refractivity contribution in [1.29, 1.82) is 0 Å². The van der Waals surface area contributed by atoms with Gasteiger partial charge in [-0.3, -0.25) is 9.59 Å². The van der Waals surface area contributed by atoms with Gasteiger partial charge in [-0.15, -0.1) is 24.8 Å². The second kappa shape index (κ2) is 10.3. The topological polar surface area (TPSA) is 151 Å². The number of aromatic nitrogens is 4. The number of hydrogen-bond acceptors (Lipinski definition) is 9. The Kier molecular flexibility index (Phi) is 7.72. The fraction of sp³-hybridized carbons (Fsp3) is 0.125. The van der Waals surface area contributed by atoms with Crippen LogP contribution in [0, 0.1) is 0 Å². The molecule has 3 heterocycles. The molecule has 3 aromatic heterocycles. The van der Waals surface area contributed by atoms with Gasteiger partial charge in [-0.05, 0) is 38.1 Å². The lowest BCUT2D eigenvalue weighted by molar-refractivity contribution is 0.434. The summed E-state index contributed by atoms with van der Waals surface area (Å²) in [6.07, 6.45) is 1.50. The van der Waals surface area contributed by atoms with Crippen molar-refractivity contribution in [3.63, 3.8) is 0 Å². The molecule has 0 saturated heterocycles. The van der Waals surface area contributed by atoms with Crippen molar-refractivity contribution in [2.45, 2.75) is 24.0 Å². The van der Waals surface area contributed by atoms with Crippen molar-refractivity contribution >= 4 is 40.5 Å². The highest BCUT2D eigenvalue weighted by Gasteiger charge is 2.20. The van der Waals surface area contributed by atoms with Gasteiger partial charge in [0.1, 0.15) is 5.69 Å². The number of nitrogen functional groups attached to an aromatic ring is 1. The predicted molar refractivity (Wildman–Crippen MR) is 144 cm³/mol. The molecule has 37 heavy (non-hydrogen) atoms. The lowest BCUT2D eigenvalue weighted by atomic mass is 10.1. The van der Waals surface area contributed by atoms with Crippen LogP contribution in [0.1, 0.15) is 13.8 Å². The van der Waals surface area contributed by atoms with E-state index in [1.165, 1.54) is 18.3 Å². The highest BCUT2D eigenvalue weighted by atomic mass is 35.5. The zero-order chi connectivity index (χ0) is 24.9. The summed E-state index contributed by atoms with van der Waals surface area (Å²) >= 11 is 0. The Morgan fingerprint density at radius 2 is 1.46 bits per heavy atom. The standard InChI is InChI=1S/C24H19N5O5S.2ClH/c1-13(2)35(32,33)17-9-5-15(6-10-17)19-12-26-22(25)21(27-19)20-11-18(28-34-20)14-3-7-16(8-4-14)29-23(30)24(29)31;;/h3-13H,1-2H3,(H2,25,26);2*1H. The maximum atomic E-state index is 12.4. The first-order chi connectivity index (χ1) is 16.7. The minimum Gasteiger partial charge on any atom is -0.382 e. The Hall–Kier alpha value is -3.80. The van der Waals surface area contributed by atoms with E-state index in [1.54, 1.807) is 56.3 Å². The largest absolute Gasteiger partial charge is 0.382 e. The van der Waals surface area contributed by atoms with Crippen LogP contribution in [0.25, 0.3) is 39.7 Å². The lowest BCUT2D eigenvalue weighted by Gasteiger charge is -2.09. The molecule has 10 nitrogen and oxygen atoms in total. The Labute approximate surface area is 223 Å². The first-order valence-corrected chi connectivity index (χ1v) is 12.1. The summed E-state index contributed by atoms with van der Waals surface area (Å²) in [6, 6.07) is 14.8. The molecule has 5 aromatic rings. The van der Waals surface area contributed by atoms with Gasteiger partial charge in [-0.1, -0.05) is 29.4 Å². The van der Waals surface area contributed by atoms with Gasteiger partial charge in [0.25, 0.3) is 0 Å². The van der Waals surface area contributed by atoms with E-state index in [0.717, 1.165) is 4.57 Å². The number of benzene rings is 2. The van der Waals surface area contributed by atoms with Crippen molar-refractivity contribution in [2.24, 2.45) is 0 Å². The van der Waals surface area contributed by atoms with Crippen LogP contribution in [0.15, 0.2) is 79.8 Å². The summed E-state index contributed by atoms with van der Waals surface area (Å²) in [7, 11) is -3.38. The van der Waals surface area contributed by atoms with Crippen molar-refractivity contribution < 1.29 is 12.9 Å². The summed E-state index contributed by atoms with van der Waals surface area (Å²) in [5, 5.41) is 3.55. The average molecular weight is 562 g/mol. The monoisotopic (exact) mass is 561 g/mol. The first-order valence-electron chi connectivity index (χ1n) is 10.6. The summed E-state index contributed by atoms with van der Waals surface area (Å²) in [4.78, 5) is 31.6. The van der Waals surface area contributed by atoms with Gasteiger partial charge < -0.3 is 10.3 Å². The van der Waals surface area contributed by atoms with Crippen LogP contribution in [-0.2, 0) is 9.84 Å². The summed E-state index contributed by atoms with van der Waals surface area (Å²) in [6.45, 7) is 3.27. The Morgan fingerprint density at radius 1 is 0.892 bits per heavy atom. The third-order valence-electron chi connectivity index (χ3n) is 5.60. The zero-order valence-electron chi connectivity index (χ0n) is 19.5. The van der Waals surface area contributed by atoms with Gasteiger partial charge in [0.15, 0.2) is 27.1 Å². The number of rotatable bonds is 6. The van der Waals surface area contributed by atoms with Crippen LogP contribution in [0.3, 0.4) is 0 Å². The van der Waals surface area contributed by atoms with Crippen molar-refractivity contribution in [2.75, 3.05) is 5.73 Å². The van der Waals surface area contributed by atoms with E-state index >= 15 is 0 Å². The van der Waals surface area contributed by atoms with Crippen LogP contribution in [0.4, 0.5) is 5.82 Å². The molecular formula is C24H21Cl2N5O5S. The molecule has 0 unspecified atom stereocenters. The van der Waals surface area contributed by atoms with Gasteiger partial charge in [0.05, 0.1) is 27.7 Å². The van der Waals surface area contributed by atoms with E-state index in [4.69, 9.17) is 10.3 Å². The molecule has 192 valence electrons. The summed E-state index contributed by atoms with van der Waals surface area (Å²) < 4.78 is 31.3. The molecule has 0 fully saturated rings. The van der Waals surface area contributed by atoms with Crippen molar-refractivity contribution in [1.82, 2.24) is 19.7 Å². The van der Waals surface area contributed by atoms with E-state index in [2.05, 4.69) is 15.1 Å². The molecule has 0 amide bonds. The molecule has 0 atom stereocenters. The molecule has 0 bridgehead atoms. The maximum absolute atomic E-state index is 12.4. The number of anilines is 1.